The molecule has 0 rings (SSSR count). The molecule has 0 N–H and O–H groups in total. The minimum absolute atomic E-state index is 0. The van der Waals surface area contributed by atoms with Gasteiger partial charge in [0.05, 0.1) is 0 Å². The Balaban J connectivity index is 0. The summed E-state index contributed by atoms with van der Waals surface area (Å²) in [4.78, 5) is 0. The molecule has 0 aliphatic rings. The monoisotopic (exact) mass is 271 g/mol. The fourth-order valence-electron chi connectivity index (χ4n) is 0. The molecule has 36 valence electrons. The van der Waals surface area contributed by atoms with E-state index in [9.17, 15) is 0 Å². The second kappa shape index (κ2) is 4.90. The molecule has 5 heavy (non-hydrogen) atoms. The van der Waals surface area contributed by atoms with Crippen LogP contribution in [0.4, 0.5) is 0 Å². The van der Waals surface area contributed by atoms with Crippen molar-refractivity contribution in [2.75, 3.05) is 0 Å². The summed E-state index contributed by atoms with van der Waals surface area (Å²) in [5.74, 6) is 0. The molecule has 0 unspecified atom stereocenters. The Bertz CT molecular complexity index is 8.36. The van der Waals surface area contributed by atoms with E-state index >= 15 is 0 Å². The SMILES string of the molecule is C.[CH3][PoH]([CH3])[CH3]. The van der Waals surface area contributed by atoms with Crippen LogP contribution in [0.15, 0.2) is 0 Å². The third-order valence-electron chi connectivity index (χ3n) is 0. The standard InChI is InChI=1S/CH4.3CH3.Po.H/h1H4;3*1H3;;. The van der Waals surface area contributed by atoms with E-state index in [0.717, 1.165) is 0 Å². The average Bonchev–Trinajstić information content (AvgIpc) is 0.811. The first kappa shape index (κ1) is 9.31. The summed E-state index contributed by atoms with van der Waals surface area (Å²) in [6.07, 6.45) is 0. The van der Waals surface area contributed by atoms with E-state index in [1.807, 2.05) is 0 Å². The summed E-state index contributed by atoms with van der Waals surface area (Å²) < 4.78 is 7.11. The second-order valence-electron chi connectivity index (χ2n) is 1.34. The van der Waals surface area contributed by atoms with E-state index < -0.39 is 22.1 Å². The first-order valence-electron chi connectivity index (χ1n) is 1.34. The van der Waals surface area contributed by atoms with Crippen molar-refractivity contribution >= 4 is 22.1 Å². The van der Waals surface area contributed by atoms with Crippen molar-refractivity contribution in [3.63, 3.8) is 0 Å². The molecule has 0 nitrogen and oxygen atoms in total. The van der Waals surface area contributed by atoms with Gasteiger partial charge in [0.2, 0.25) is 0 Å². The van der Waals surface area contributed by atoms with E-state index in [1.54, 1.807) is 0 Å². The predicted octanol–water partition coefficient (Wildman–Crippen LogP) is 1.74. The molecule has 0 bridgehead atoms. The van der Waals surface area contributed by atoms with Crippen LogP contribution in [0.5, 0.6) is 0 Å². The van der Waals surface area contributed by atoms with E-state index in [4.69, 9.17) is 0 Å². The number of rotatable bonds is 0. The summed E-state index contributed by atoms with van der Waals surface area (Å²) >= 11 is -0.593. The first-order valence-corrected chi connectivity index (χ1v) is 11.8. The van der Waals surface area contributed by atoms with Crippen molar-refractivity contribution in [2.45, 2.75) is 21.2 Å². The zero-order valence-corrected chi connectivity index (χ0v) is 6.92. The molecule has 0 saturated heterocycles. The zero-order chi connectivity index (χ0) is 3.58. The molecule has 0 aromatic heterocycles. The molecule has 0 amide bonds. The molecule has 0 aromatic carbocycles. The average molecular weight is 271 g/mol. The van der Waals surface area contributed by atoms with Crippen LogP contribution in [0.1, 0.15) is 7.43 Å². The molecular weight excluding hydrogens is 257 g/mol. The third-order valence-corrected chi connectivity index (χ3v) is 0. The fraction of sp³-hybridized carbons (Fsp3) is 1.00. The molecule has 0 saturated carbocycles. The molecule has 0 heterocycles. The molecule has 0 aliphatic carbocycles. The van der Waals surface area contributed by atoms with E-state index in [1.165, 1.54) is 0 Å². The van der Waals surface area contributed by atoms with E-state index in [-0.39, 0.29) is 7.43 Å². The van der Waals surface area contributed by atoms with Gasteiger partial charge in [0.15, 0.2) is 0 Å². The Morgan fingerprint density at radius 1 is 1.00 bits per heavy atom. The van der Waals surface area contributed by atoms with Crippen LogP contribution in [0, 0.1) is 0 Å². The van der Waals surface area contributed by atoms with Crippen molar-refractivity contribution in [3.8, 4) is 0 Å². The van der Waals surface area contributed by atoms with Gasteiger partial charge in [0.1, 0.15) is 0 Å². The van der Waals surface area contributed by atoms with Gasteiger partial charge in [-0.3, -0.25) is 0 Å². The second-order valence-corrected chi connectivity index (χ2v) is 11.8. The van der Waals surface area contributed by atoms with Gasteiger partial charge in [-0.15, -0.1) is 0 Å². The van der Waals surface area contributed by atoms with E-state index in [2.05, 4.69) is 13.7 Å². The van der Waals surface area contributed by atoms with Gasteiger partial charge in [-0.25, -0.2) is 0 Å². The molecule has 0 aliphatic heterocycles. The van der Waals surface area contributed by atoms with Gasteiger partial charge in [-0.05, 0) is 0 Å². The molecule has 1 heteroatoms. The Labute approximate surface area is 43.4 Å². The topological polar surface area (TPSA) is 0 Å². The van der Waals surface area contributed by atoms with Crippen LogP contribution in [0.3, 0.4) is 0 Å². The van der Waals surface area contributed by atoms with Gasteiger partial charge in [0.25, 0.3) is 0 Å². The van der Waals surface area contributed by atoms with Crippen molar-refractivity contribution < 1.29 is 0 Å². The normalized spacial score (nSPS) is 9.00. The summed E-state index contributed by atoms with van der Waals surface area (Å²) in [6.45, 7) is 0. The Hall–Kier alpha value is 0.896. The van der Waals surface area contributed by atoms with Crippen LogP contribution in [-0.4, -0.2) is 22.1 Å². The summed E-state index contributed by atoms with van der Waals surface area (Å²) in [6, 6.07) is 0. The van der Waals surface area contributed by atoms with Crippen LogP contribution in [-0.2, 0) is 0 Å². The zero-order valence-electron chi connectivity index (χ0n) is 3.45. The Morgan fingerprint density at radius 2 is 1.00 bits per heavy atom. The summed E-state index contributed by atoms with van der Waals surface area (Å²) in [7, 11) is 0. The molecule has 0 radical (unpaired) electrons. The van der Waals surface area contributed by atoms with Crippen LogP contribution in [0.2, 0.25) is 13.7 Å². The van der Waals surface area contributed by atoms with Gasteiger partial charge in [0, 0.05) is 0 Å². The van der Waals surface area contributed by atoms with Gasteiger partial charge in [-0.1, -0.05) is 7.43 Å². The van der Waals surface area contributed by atoms with Crippen molar-refractivity contribution in [3.05, 3.63) is 0 Å². The number of hydrogen-bond acceptors (Lipinski definition) is 0. The van der Waals surface area contributed by atoms with Gasteiger partial charge in [-0.2, -0.15) is 0 Å². The first-order chi connectivity index (χ1) is 1.73. The molecule has 0 fully saturated rings. The molecule has 0 aromatic rings. The van der Waals surface area contributed by atoms with Crippen LogP contribution in [0.25, 0.3) is 0 Å². The number of hydrogen-bond donors (Lipinski definition) is 0. The Morgan fingerprint density at radius 3 is 1.00 bits per heavy atom. The third kappa shape index (κ3) is 51.1. The maximum absolute atomic E-state index is 2.37. The fourth-order valence-corrected chi connectivity index (χ4v) is 0. The van der Waals surface area contributed by atoms with Gasteiger partial charge < -0.3 is 0 Å². The van der Waals surface area contributed by atoms with Crippen molar-refractivity contribution in [1.29, 1.82) is 0 Å². The molecule has 0 atom stereocenters. The Kier molecular flexibility index (Phi) is 9.12. The van der Waals surface area contributed by atoms with Crippen molar-refractivity contribution in [2.24, 2.45) is 0 Å². The predicted molar refractivity (Wildman–Crippen MR) is 31.5 cm³/mol. The van der Waals surface area contributed by atoms with Crippen molar-refractivity contribution in [1.82, 2.24) is 0 Å². The van der Waals surface area contributed by atoms with E-state index in [0.29, 0.717) is 0 Å². The molecular formula is C4H14Po. The maximum atomic E-state index is 2.37. The van der Waals surface area contributed by atoms with Crippen LogP contribution >= 0.6 is 0 Å². The molecule has 0 spiro atoms. The quantitative estimate of drug-likeness (QED) is 0.629. The minimum atomic E-state index is -0.593. The summed E-state index contributed by atoms with van der Waals surface area (Å²) in [5.41, 5.74) is 0. The van der Waals surface area contributed by atoms with Gasteiger partial charge >= 0.3 is 35.8 Å². The summed E-state index contributed by atoms with van der Waals surface area (Å²) in [5, 5.41) is 0. The van der Waals surface area contributed by atoms with Crippen LogP contribution < -0.4 is 0 Å².